The lowest BCUT2D eigenvalue weighted by Gasteiger charge is -2.06. The van der Waals surface area contributed by atoms with Crippen molar-refractivity contribution < 1.29 is 4.79 Å². The summed E-state index contributed by atoms with van der Waals surface area (Å²) in [7, 11) is 0. The molecule has 140 valence electrons. The van der Waals surface area contributed by atoms with Gasteiger partial charge in [-0.2, -0.15) is 5.10 Å². The molecule has 0 spiro atoms. The van der Waals surface area contributed by atoms with Crippen molar-refractivity contribution >= 4 is 42.1 Å². The summed E-state index contributed by atoms with van der Waals surface area (Å²) in [4.78, 5) is 20.6. The number of pyridine rings is 1. The van der Waals surface area contributed by atoms with Crippen LogP contribution in [0.5, 0.6) is 0 Å². The molecule has 3 aromatic heterocycles. The Morgan fingerprint density at radius 3 is 2.62 bits per heavy atom. The number of nitrogens with zero attached hydrogens (tertiary/aromatic N) is 4. The first-order chi connectivity index (χ1) is 11.6. The molecular formula is C16H20Cl2N6OS. The molecule has 1 amide bonds. The first kappa shape index (κ1) is 22.0. The van der Waals surface area contributed by atoms with Gasteiger partial charge in [-0.25, -0.2) is 14.6 Å². The molecule has 0 radical (unpaired) electrons. The van der Waals surface area contributed by atoms with Crippen molar-refractivity contribution in [1.82, 2.24) is 25.1 Å². The molecule has 0 saturated heterocycles. The van der Waals surface area contributed by atoms with E-state index < -0.39 is 0 Å². The molecule has 0 aliphatic heterocycles. The zero-order valence-corrected chi connectivity index (χ0v) is 16.7. The van der Waals surface area contributed by atoms with Gasteiger partial charge in [0.1, 0.15) is 10.7 Å². The monoisotopic (exact) mass is 414 g/mol. The van der Waals surface area contributed by atoms with E-state index in [0.717, 1.165) is 27.8 Å². The van der Waals surface area contributed by atoms with E-state index in [0.29, 0.717) is 18.8 Å². The lowest BCUT2D eigenvalue weighted by Crippen LogP contribution is -2.23. The van der Waals surface area contributed by atoms with Crippen LogP contribution >= 0.6 is 36.2 Å². The number of nitrogens with one attached hydrogen (secondary N) is 1. The van der Waals surface area contributed by atoms with Gasteiger partial charge in [0.05, 0.1) is 5.69 Å². The Morgan fingerprint density at radius 1 is 1.31 bits per heavy atom. The third-order valence-corrected chi connectivity index (χ3v) is 4.32. The van der Waals surface area contributed by atoms with E-state index in [1.54, 1.807) is 16.3 Å². The average molecular weight is 415 g/mol. The second-order valence-corrected chi connectivity index (χ2v) is 6.32. The summed E-state index contributed by atoms with van der Waals surface area (Å²) in [6, 6.07) is 5.81. The van der Waals surface area contributed by atoms with Gasteiger partial charge in [0.25, 0.3) is 5.91 Å². The van der Waals surface area contributed by atoms with E-state index >= 15 is 0 Å². The number of carbonyl (C=O) groups is 1. The highest BCUT2D eigenvalue weighted by Crippen LogP contribution is 2.11. The van der Waals surface area contributed by atoms with Crippen LogP contribution in [0.2, 0.25) is 0 Å². The number of hydrogen-bond acceptors (Lipinski definition) is 6. The quantitative estimate of drug-likeness (QED) is 0.668. The van der Waals surface area contributed by atoms with E-state index in [2.05, 4.69) is 20.4 Å². The third kappa shape index (κ3) is 5.01. The highest BCUT2D eigenvalue weighted by molar-refractivity contribution is 7.09. The highest BCUT2D eigenvalue weighted by atomic mass is 35.5. The molecule has 3 heterocycles. The van der Waals surface area contributed by atoms with Crippen molar-refractivity contribution in [2.24, 2.45) is 5.73 Å². The molecule has 3 rings (SSSR count). The minimum atomic E-state index is -0.214. The Hall–Kier alpha value is -2.00. The molecule has 0 fully saturated rings. The zero-order chi connectivity index (χ0) is 17.1. The second-order valence-electron chi connectivity index (χ2n) is 5.38. The third-order valence-electron chi connectivity index (χ3n) is 3.45. The van der Waals surface area contributed by atoms with Gasteiger partial charge >= 0.3 is 0 Å². The van der Waals surface area contributed by atoms with Crippen molar-refractivity contribution in [1.29, 1.82) is 0 Å². The average Bonchev–Trinajstić information content (AvgIpc) is 3.19. The predicted octanol–water partition coefficient (Wildman–Crippen LogP) is 2.57. The van der Waals surface area contributed by atoms with Crippen molar-refractivity contribution in [2.45, 2.75) is 26.9 Å². The minimum Gasteiger partial charge on any atom is -0.347 e. The van der Waals surface area contributed by atoms with Crippen LogP contribution in [-0.2, 0) is 13.1 Å². The molecule has 0 saturated carbocycles. The van der Waals surface area contributed by atoms with E-state index in [4.69, 9.17) is 5.73 Å². The fourth-order valence-corrected chi connectivity index (χ4v) is 2.94. The standard InChI is InChI=1S/C16H18N6OS.2ClH/c1-10-5-11(2)22(21-10)14-4-3-12(7-18-14)8-19-16(23)13-9-24-15(6-17)20-13;;/h3-5,7,9H,6,8,17H2,1-2H3,(H,19,23);2*1H. The van der Waals surface area contributed by atoms with Crippen molar-refractivity contribution in [3.8, 4) is 5.82 Å². The van der Waals surface area contributed by atoms with E-state index in [-0.39, 0.29) is 30.7 Å². The van der Waals surface area contributed by atoms with Gasteiger partial charge in [-0.15, -0.1) is 36.2 Å². The second kappa shape index (κ2) is 9.63. The number of halogens is 2. The summed E-state index contributed by atoms with van der Waals surface area (Å²) < 4.78 is 1.79. The molecular weight excluding hydrogens is 395 g/mol. The van der Waals surface area contributed by atoms with Gasteiger partial charge in [-0.3, -0.25) is 4.79 Å². The molecule has 0 atom stereocenters. The van der Waals surface area contributed by atoms with Crippen LogP contribution in [0.15, 0.2) is 29.8 Å². The lowest BCUT2D eigenvalue weighted by atomic mass is 10.2. The van der Waals surface area contributed by atoms with Crippen LogP contribution in [0.4, 0.5) is 0 Å². The maximum atomic E-state index is 12.0. The first-order valence-electron chi connectivity index (χ1n) is 7.48. The van der Waals surface area contributed by atoms with Gasteiger partial charge in [-0.05, 0) is 31.5 Å². The molecule has 0 unspecified atom stereocenters. The number of nitrogens with two attached hydrogens (primary N) is 1. The number of rotatable bonds is 5. The molecule has 0 aliphatic rings. The van der Waals surface area contributed by atoms with Gasteiger partial charge in [0.15, 0.2) is 5.82 Å². The van der Waals surface area contributed by atoms with Crippen LogP contribution < -0.4 is 11.1 Å². The summed E-state index contributed by atoms with van der Waals surface area (Å²) in [5, 5.41) is 9.69. The fourth-order valence-electron chi connectivity index (χ4n) is 2.29. The molecule has 10 heteroatoms. The van der Waals surface area contributed by atoms with E-state index in [9.17, 15) is 4.79 Å². The molecule has 0 aliphatic carbocycles. The maximum absolute atomic E-state index is 12.0. The van der Waals surface area contributed by atoms with Gasteiger partial charge in [-0.1, -0.05) is 6.07 Å². The Kier molecular flexibility index (Phi) is 8.16. The van der Waals surface area contributed by atoms with Crippen molar-refractivity contribution in [3.05, 3.63) is 57.4 Å². The van der Waals surface area contributed by atoms with Crippen LogP contribution in [-0.4, -0.2) is 25.7 Å². The van der Waals surface area contributed by atoms with Crippen LogP contribution in [0, 0.1) is 13.8 Å². The van der Waals surface area contributed by atoms with Gasteiger partial charge in [0, 0.05) is 30.4 Å². The molecule has 0 aromatic carbocycles. The Labute approximate surface area is 167 Å². The van der Waals surface area contributed by atoms with Crippen LogP contribution in [0.25, 0.3) is 5.82 Å². The number of aryl methyl sites for hydroxylation is 2. The summed E-state index contributed by atoms with van der Waals surface area (Å²) in [5.41, 5.74) is 8.78. The molecule has 3 N–H and O–H groups in total. The number of aromatic nitrogens is 4. The Balaban J connectivity index is 0.00000169. The predicted molar refractivity (Wildman–Crippen MR) is 107 cm³/mol. The topological polar surface area (TPSA) is 98.7 Å². The number of hydrogen-bond donors (Lipinski definition) is 2. The largest absolute Gasteiger partial charge is 0.347 e. The van der Waals surface area contributed by atoms with E-state index in [1.807, 2.05) is 32.0 Å². The van der Waals surface area contributed by atoms with Crippen molar-refractivity contribution in [2.75, 3.05) is 0 Å². The Morgan fingerprint density at radius 2 is 2.08 bits per heavy atom. The molecule has 0 bridgehead atoms. The van der Waals surface area contributed by atoms with Gasteiger partial charge < -0.3 is 11.1 Å². The SMILES string of the molecule is Cc1cc(C)n(-c2ccc(CNC(=O)c3csc(CN)n3)cn2)n1.Cl.Cl. The van der Waals surface area contributed by atoms with Crippen LogP contribution in [0.3, 0.4) is 0 Å². The number of carbonyl (C=O) groups excluding carboxylic acids is 1. The summed E-state index contributed by atoms with van der Waals surface area (Å²) in [5.74, 6) is 0.538. The summed E-state index contributed by atoms with van der Waals surface area (Å²) in [6.07, 6.45) is 1.73. The maximum Gasteiger partial charge on any atom is 0.271 e. The number of thiazole rings is 1. The first-order valence-corrected chi connectivity index (χ1v) is 8.36. The Bertz CT molecular complexity index is 862. The van der Waals surface area contributed by atoms with Gasteiger partial charge in [0.2, 0.25) is 0 Å². The van der Waals surface area contributed by atoms with Crippen LogP contribution in [0.1, 0.15) is 32.4 Å². The molecule has 7 nitrogen and oxygen atoms in total. The lowest BCUT2D eigenvalue weighted by molar-refractivity contribution is 0.0946. The zero-order valence-electron chi connectivity index (χ0n) is 14.3. The molecule has 3 aromatic rings. The molecule has 26 heavy (non-hydrogen) atoms. The van der Waals surface area contributed by atoms with E-state index in [1.165, 1.54) is 11.3 Å². The van der Waals surface area contributed by atoms with Crippen molar-refractivity contribution in [3.63, 3.8) is 0 Å². The smallest absolute Gasteiger partial charge is 0.271 e. The minimum absolute atomic E-state index is 0. The summed E-state index contributed by atoms with van der Waals surface area (Å²) >= 11 is 1.38. The number of amides is 1. The highest BCUT2D eigenvalue weighted by Gasteiger charge is 2.10. The summed E-state index contributed by atoms with van der Waals surface area (Å²) in [6.45, 7) is 4.66. The normalized spacial score (nSPS) is 9.96. The fraction of sp³-hybridized carbons (Fsp3) is 0.250.